The van der Waals surface area contributed by atoms with Gasteiger partial charge in [-0.1, -0.05) is 0 Å². The first-order valence-electron chi connectivity index (χ1n) is 6.80. The van der Waals surface area contributed by atoms with Crippen LogP contribution in [0.2, 0.25) is 0 Å². The number of carbonyl (C=O) groups is 1. The van der Waals surface area contributed by atoms with Crippen molar-refractivity contribution in [2.24, 2.45) is 0 Å². The summed E-state index contributed by atoms with van der Waals surface area (Å²) in [5, 5.41) is 4.13. The van der Waals surface area contributed by atoms with Gasteiger partial charge in [0.1, 0.15) is 6.54 Å². The van der Waals surface area contributed by atoms with Gasteiger partial charge in [-0.25, -0.2) is 0 Å². The van der Waals surface area contributed by atoms with Crippen LogP contribution in [0.5, 0.6) is 0 Å². The van der Waals surface area contributed by atoms with Crippen LogP contribution in [0.4, 0.5) is 0 Å². The monoisotopic (exact) mass is 280 g/mol. The zero-order chi connectivity index (χ0) is 15.0. The Kier molecular flexibility index (Phi) is 3.93. The lowest BCUT2D eigenvalue weighted by Crippen LogP contribution is -2.41. The fourth-order valence-corrected chi connectivity index (χ4v) is 1.97. The Morgan fingerprint density at radius 3 is 2.50 bits per heavy atom. The minimum Gasteiger partial charge on any atom is -0.465 e. The Hall–Kier alpha value is -1.34. The summed E-state index contributed by atoms with van der Waals surface area (Å²) in [7, 11) is -0.531. The molecule has 2 rings (SSSR count). The summed E-state index contributed by atoms with van der Waals surface area (Å²) in [6.07, 6.45) is 1.62. The fraction of sp³-hybridized carbons (Fsp3) is 0.692. The van der Waals surface area contributed by atoms with Crippen LogP contribution in [0.25, 0.3) is 0 Å². The van der Waals surface area contributed by atoms with Crippen LogP contribution in [0, 0.1) is 0 Å². The van der Waals surface area contributed by atoms with Gasteiger partial charge in [-0.3, -0.25) is 9.48 Å². The van der Waals surface area contributed by atoms with Crippen LogP contribution in [-0.2, 0) is 25.4 Å². The molecule has 0 amide bonds. The summed E-state index contributed by atoms with van der Waals surface area (Å²) in [6.45, 7) is 10.1. The van der Waals surface area contributed by atoms with Gasteiger partial charge < -0.3 is 14.0 Å². The van der Waals surface area contributed by atoms with Crippen LogP contribution in [0.15, 0.2) is 12.3 Å². The molecule has 110 valence electrons. The molecule has 7 heteroatoms. The maximum absolute atomic E-state index is 11.6. The Morgan fingerprint density at radius 2 is 1.95 bits per heavy atom. The van der Waals surface area contributed by atoms with Crippen molar-refractivity contribution >= 4 is 18.7 Å². The summed E-state index contributed by atoms with van der Waals surface area (Å²) in [5.41, 5.74) is -0.121. The van der Waals surface area contributed by atoms with Crippen molar-refractivity contribution in [3.63, 3.8) is 0 Å². The maximum Gasteiger partial charge on any atom is 0.514 e. The van der Waals surface area contributed by atoms with Crippen LogP contribution in [0.3, 0.4) is 0 Å². The van der Waals surface area contributed by atoms with Crippen LogP contribution >= 0.6 is 0 Å². The van der Waals surface area contributed by atoms with Crippen LogP contribution in [-0.4, -0.2) is 40.7 Å². The van der Waals surface area contributed by atoms with Crippen molar-refractivity contribution in [3.8, 4) is 0 Å². The van der Waals surface area contributed by atoms with Gasteiger partial charge in [-0.2, -0.15) is 5.10 Å². The predicted molar refractivity (Wildman–Crippen MR) is 74.6 cm³/mol. The summed E-state index contributed by atoms with van der Waals surface area (Å²) in [5.74, 6) is -0.325. The number of rotatable bonds is 4. The third-order valence-electron chi connectivity index (χ3n) is 3.83. The Labute approximate surface area is 119 Å². The van der Waals surface area contributed by atoms with E-state index in [9.17, 15) is 4.79 Å². The average molecular weight is 280 g/mol. The molecule has 0 aliphatic carbocycles. The molecule has 0 radical (unpaired) electrons. The third-order valence-corrected chi connectivity index (χ3v) is 3.83. The number of nitrogens with zero attached hydrogens (tertiary/aromatic N) is 2. The molecule has 0 unspecified atom stereocenters. The minimum absolute atomic E-state index is 0.0558. The third kappa shape index (κ3) is 2.74. The van der Waals surface area contributed by atoms with E-state index in [0.717, 1.165) is 5.59 Å². The lowest BCUT2D eigenvalue weighted by molar-refractivity contribution is -0.143. The predicted octanol–water partition coefficient (Wildman–Crippen LogP) is 0.745. The lowest BCUT2D eigenvalue weighted by Gasteiger charge is -2.32. The molecule has 0 saturated carbocycles. The zero-order valence-corrected chi connectivity index (χ0v) is 12.7. The largest absolute Gasteiger partial charge is 0.514 e. The maximum atomic E-state index is 11.6. The zero-order valence-electron chi connectivity index (χ0n) is 12.7. The quantitative estimate of drug-likeness (QED) is 0.601. The lowest BCUT2D eigenvalue weighted by atomic mass is 9.85. The number of aromatic nitrogens is 2. The Balaban J connectivity index is 2.16. The van der Waals surface area contributed by atoms with Gasteiger partial charge in [0.2, 0.25) is 0 Å². The highest BCUT2D eigenvalue weighted by atomic mass is 16.7. The molecule has 1 aliphatic heterocycles. The van der Waals surface area contributed by atoms with Crippen molar-refractivity contribution in [2.45, 2.75) is 52.4 Å². The highest BCUT2D eigenvalue weighted by Crippen LogP contribution is 2.36. The summed E-state index contributed by atoms with van der Waals surface area (Å²) in [6, 6.07) is 1.79. The fourth-order valence-electron chi connectivity index (χ4n) is 1.97. The van der Waals surface area contributed by atoms with Crippen molar-refractivity contribution in [2.75, 3.05) is 6.61 Å². The summed E-state index contributed by atoms with van der Waals surface area (Å²) < 4.78 is 18.4. The van der Waals surface area contributed by atoms with E-state index < -0.39 is 18.3 Å². The molecular weight excluding hydrogens is 259 g/mol. The number of ether oxygens (including phenoxy) is 1. The van der Waals surface area contributed by atoms with Crippen molar-refractivity contribution in [1.82, 2.24) is 9.78 Å². The number of hydrogen-bond donors (Lipinski definition) is 0. The molecule has 0 spiro atoms. The highest BCUT2D eigenvalue weighted by molar-refractivity contribution is 6.61. The standard InChI is InChI=1S/C13H21BN2O4/c1-6-18-11(17)9-16-10(7-8-15-16)14-19-12(2,3)13(4,5)20-14/h7-8H,6,9H2,1-5H3. The molecule has 1 fully saturated rings. The molecule has 0 aromatic carbocycles. The smallest absolute Gasteiger partial charge is 0.465 e. The summed E-state index contributed by atoms with van der Waals surface area (Å²) in [4.78, 5) is 11.6. The summed E-state index contributed by atoms with van der Waals surface area (Å²) >= 11 is 0. The first-order chi connectivity index (χ1) is 9.27. The number of carbonyl (C=O) groups excluding carboxylic acids is 1. The number of esters is 1. The van der Waals surface area contributed by atoms with Gasteiger partial charge in [0, 0.05) is 6.20 Å². The van der Waals surface area contributed by atoms with E-state index in [1.165, 1.54) is 0 Å². The average Bonchev–Trinajstić information content (AvgIpc) is 2.82. The van der Waals surface area contributed by atoms with Gasteiger partial charge >= 0.3 is 13.1 Å². The molecule has 6 nitrogen and oxygen atoms in total. The van der Waals surface area contributed by atoms with E-state index in [0.29, 0.717) is 6.61 Å². The van der Waals surface area contributed by atoms with E-state index >= 15 is 0 Å². The van der Waals surface area contributed by atoms with Crippen molar-refractivity contribution in [3.05, 3.63) is 12.3 Å². The molecule has 1 aromatic rings. The normalized spacial score (nSPS) is 20.1. The topological polar surface area (TPSA) is 62.6 Å². The SMILES string of the molecule is CCOC(=O)Cn1nccc1B1OC(C)(C)C(C)(C)O1. The Morgan fingerprint density at radius 1 is 1.35 bits per heavy atom. The molecular formula is C13H21BN2O4. The molecule has 20 heavy (non-hydrogen) atoms. The molecule has 0 atom stereocenters. The van der Waals surface area contributed by atoms with Gasteiger partial charge in [0.05, 0.1) is 23.4 Å². The van der Waals surface area contributed by atoms with E-state index in [-0.39, 0.29) is 12.5 Å². The molecule has 2 heterocycles. The second-order valence-corrected chi connectivity index (χ2v) is 5.81. The van der Waals surface area contributed by atoms with E-state index in [4.69, 9.17) is 14.0 Å². The van der Waals surface area contributed by atoms with Gasteiger partial charge in [0.15, 0.2) is 0 Å². The minimum atomic E-state index is -0.531. The van der Waals surface area contributed by atoms with Crippen molar-refractivity contribution < 1.29 is 18.8 Å². The molecule has 1 aromatic heterocycles. The molecule has 1 aliphatic rings. The van der Waals surface area contributed by atoms with Gasteiger partial charge in [0.25, 0.3) is 0 Å². The van der Waals surface area contributed by atoms with E-state index in [2.05, 4.69) is 5.10 Å². The second kappa shape index (κ2) is 5.22. The first kappa shape index (κ1) is 15.1. The second-order valence-electron chi connectivity index (χ2n) is 5.81. The highest BCUT2D eigenvalue weighted by Gasteiger charge is 2.52. The molecule has 0 bridgehead atoms. The Bertz CT molecular complexity index is 482. The van der Waals surface area contributed by atoms with E-state index in [1.54, 1.807) is 23.9 Å². The van der Waals surface area contributed by atoms with Gasteiger partial charge in [-0.05, 0) is 40.7 Å². The van der Waals surface area contributed by atoms with Crippen LogP contribution < -0.4 is 5.59 Å². The molecule has 0 N–H and O–H groups in total. The molecule has 1 saturated heterocycles. The number of hydrogen-bond acceptors (Lipinski definition) is 5. The van der Waals surface area contributed by atoms with E-state index in [1.807, 2.05) is 27.7 Å². The van der Waals surface area contributed by atoms with Gasteiger partial charge in [-0.15, -0.1) is 0 Å². The van der Waals surface area contributed by atoms with Crippen molar-refractivity contribution in [1.29, 1.82) is 0 Å². The first-order valence-corrected chi connectivity index (χ1v) is 6.80. The van der Waals surface area contributed by atoms with Crippen LogP contribution in [0.1, 0.15) is 34.6 Å².